The Labute approximate surface area is 164 Å². The molecule has 29 heavy (non-hydrogen) atoms. The number of ether oxygens (including phenoxy) is 1. The number of carbonyl (C=O) groups excluding carboxylic acids is 1. The zero-order chi connectivity index (χ0) is 20.8. The molecular weight excluding hydrogens is 387 g/mol. The lowest BCUT2D eigenvalue weighted by molar-refractivity contribution is 0.0975. The molecule has 1 aliphatic heterocycles. The summed E-state index contributed by atoms with van der Waals surface area (Å²) in [5, 5.41) is 6.33. The molecule has 1 aliphatic carbocycles. The first-order valence-corrected chi connectivity index (χ1v) is 8.87. The van der Waals surface area contributed by atoms with Crippen LogP contribution in [0, 0.1) is 11.6 Å². The molecule has 0 unspecified atom stereocenters. The number of amidine groups is 1. The summed E-state index contributed by atoms with van der Waals surface area (Å²) in [6.07, 6.45) is 3.49. The van der Waals surface area contributed by atoms with Crippen LogP contribution in [0.3, 0.4) is 0 Å². The van der Waals surface area contributed by atoms with Gasteiger partial charge < -0.3 is 4.74 Å². The third-order valence-corrected chi connectivity index (χ3v) is 3.96. The molecule has 0 saturated carbocycles. The molecule has 2 N–H and O–H groups in total. The summed E-state index contributed by atoms with van der Waals surface area (Å²) in [4.78, 5) is 20.8. The van der Waals surface area contributed by atoms with Gasteiger partial charge in [0.05, 0.1) is 13.2 Å². The number of rotatable bonds is 5. The second-order valence-electron chi connectivity index (χ2n) is 5.92. The van der Waals surface area contributed by atoms with Crippen molar-refractivity contribution in [3.05, 3.63) is 58.9 Å². The number of guanidine groups is 1. The van der Waals surface area contributed by atoms with Gasteiger partial charge in [0.1, 0.15) is 11.5 Å². The van der Waals surface area contributed by atoms with Gasteiger partial charge in [-0.3, -0.25) is 15.5 Å². The van der Waals surface area contributed by atoms with E-state index in [-0.39, 0.29) is 29.6 Å². The molecule has 1 aromatic carbocycles. The molecule has 1 aromatic rings. The highest BCUT2D eigenvalue weighted by Crippen LogP contribution is 2.21. The molecule has 0 bridgehead atoms. The van der Waals surface area contributed by atoms with E-state index in [9.17, 15) is 18.0 Å². The molecule has 10 heteroatoms. The van der Waals surface area contributed by atoms with Gasteiger partial charge in [0.15, 0.2) is 17.5 Å². The highest BCUT2D eigenvalue weighted by molar-refractivity contribution is 6.33. The Hall–Kier alpha value is -3.27. The molecule has 1 amide bonds. The van der Waals surface area contributed by atoms with Gasteiger partial charge in [-0.1, -0.05) is 6.08 Å². The van der Waals surface area contributed by atoms with Crippen LogP contribution in [0.1, 0.15) is 23.7 Å². The van der Waals surface area contributed by atoms with Gasteiger partial charge in [-0.05, 0) is 37.6 Å². The number of allylic oxidation sites excluding steroid dienone is 3. The van der Waals surface area contributed by atoms with Crippen LogP contribution in [-0.2, 0) is 4.74 Å². The summed E-state index contributed by atoms with van der Waals surface area (Å²) in [5.41, 5.74) is 3.07. The van der Waals surface area contributed by atoms with E-state index in [1.54, 1.807) is 6.08 Å². The van der Waals surface area contributed by atoms with Crippen molar-refractivity contribution in [2.45, 2.75) is 13.3 Å². The summed E-state index contributed by atoms with van der Waals surface area (Å²) in [7, 11) is 0. The number of amides is 1. The second-order valence-corrected chi connectivity index (χ2v) is 5.92. The monoisotopic (exact) mass is 405 g/mol. The number of nitrogens with zero attached hydrogens (tertiary/aromatic N) is 3. The standard InChI is InChI=1S/C19H18F3N5O2/c1-2-29-9-8-23-19(25-18(28)11-6-7-13(20)15(22)10-11)24-17-12-4-3-5-14(21)16(12)26-27-17/h4-7,10H,2-3,8-9H2,1H3,(H2,23,24,25,27,28). The molecule has 2 aliphatic rings. The lowest BCUT2D eigenvalue weighted by atomic mass is 10.0. The fourth-order valence-corrected chi connectivity index (χ4v) is 2.56. The first-order chi connectivity index (χ1) is 14.0. The third kappa shape index (κ3) is 4.96. The predicted molar refractivity (Wildman–Crippen MR) is 103 cm³/mol. The van der Waals surface area contributed by atoms with Gasteiger partial charge in [0.2, 0.25) is 5.96 Å². The van der Waals surface area contributed by atoms with Crippen LogP contribution in [0.15, 0.2) is 56.8 Å². The minimum Gasteiger partial charge on any atom is -0.380 e. The predicted octanol–water partition coefficient (Wildman–Crippen LogP) is 2.63. The van der Waals surface area contributed by atoms with Gasteiger partial charge in [-0.25, -0.2) is 18.2 Å². The number of fused-ring (bicyclic) bond motifs is 1. The van der Waals surface area contributed by atoms with Crippen LogP contribution >= 0.6 is 0 Å². The van der Waals surface area contributed by atoms with Gasteiger partial charge >= 0.3 is 0 Å². The Morgan fingerprint density at radius 2 is 2.10 bits per heavy atom. The molecule has 0 atom stereocenters. The maximum absolute atomic E-state index is 13.9. The smallest absolute Gasteiger partial charge is 0.258 e. The van der Waals surface area contributed by atoms with Crippen molar-refractivity contribution in [2.75, 3.05) is 19.8 Å². The van der Waals surface area contributed by atoms with Gasteiger partial charge in [0.25, 0.3) is 5.91 Å². The molecule has 0 saturated heterocycles. The van der Waals surface area contributed by atoms with Crippen LogP contribution < -0.4 is 10.7 Å². The third-order valence-electron chi connectivity index (χ3n) is 3.96. The summed E-state index contributed by atoms with van der Waals surface area (Å²) in [6.45, 7) is 2.81. The number of nitrogens with one attached hydrogen (secondary N) is 2. The minimum absolute atomic E-state index is 0.103. The summed E-state index contributed by atoms with van der Waals surface area (Å²) < 4.78 is 45.6. The quantitative estimate of drug-likeness (QED) is 0.449. The van der Waals surface area contributed by atoms with E-state index in [1.807, 2.05) is 6.92 Å². The molecule has 0 fully saturated rings. The van der Waals surface area contributed by atoms with E-state index < -0.39 is 23.4 Å². The van der Waals surface area contributed by atoms with Crippen molar-refractivity contribution in [2.24, 2.45) is 15.1 Å². The zero-order valence-electron chi connectivity index (χ0n) is 15.5. The fraction of sp³-hybridized carbons (Fsp3) is 0.263. The lowest BCUT2D eigenvalue weighted by Gasteiger charge is -2.09. The van der Waals surface area contributed by atoms with Crippen LogP contribution in [0.25, 0.3) is 0 Å². The normalized spacial score (nSPS) is 17.3. The average Bonchev–Trinajstić information content (AvgIpc) is 3.11. The molecule has 0 spiro atoms. The van der Waals surface area contributed by atoms with Crippen LogP contribution in [0.5, 0.6) is 0 Å². The molecule has 0 aromatic heterocycles. The zero-order valence-corrected chi connectivity index (χ0v) is 15.5. The highest BCUT2D eigenvalue weighted by Gasteiger charge is 2.26. The topological polar surface area (TPSA) is 87.4 Å². The Balaban J connectivity index is 1.81. The van der Waals surface area contributed by atoms with E-state index in [2.05, 4.69) is 25.8 Å². The molecule has 7 nitrogen and oxygen atoms in total. The van der Waals surface area contributed by atoms with Crippen molar-refractivity contribution in [3.8, 4) is 0 Å². The average molecular weight is 405 g/mol. The number of hydrogen-bond donors (Lipinski definition) is 2. The molecular formula is C19H18F3N5O2. The first kappa shape index (κ1) is 20.5. The number of halogens is 3. The van der Waals surface area contributed by atoms with Crippen LogP contribution in [-0.4, -0.2) is 43.2 Å². The molecule has 152 valence electrons. The van der Waals surface area contributed by atoms with E-state index in [1.165, 1.54) is 6.08 Å². The molecule has 0 radical (unpaired) electrons. The number of carbonyl (C=O) groups is 1. The largest absolute Gasteiger partial charge is 0.380 e. The van der Waals surface area contributed by atoms with Gasteiger partial charge in [0, 0.05) is 17.7 Å². The Morgan fingerprint density at radius 1 is 1.28 bits per heavy atom. The number of hydrogen-bond acceptors (Lipinski definition) is 4. The first-order valence-electron chi connectivity index (χ1n) is 8.87. The van der Waals surface area contributed by atoms with Crippen LogP contribution in [0.4, 0.5) is 13.2 Å². The van der Waals surface area contributed by atoms with Crippen molar-refractivity contribution in [3.63, 3.8) is 0 Å². The maximum atomic E-state index is 13.9. The molecule has 3 rings (SSSR count). The Bertz CT molecular complexity index is 967. The minimum atomic E-state index is -1.15. The van der Waals surface area contributed by atoms with Crippen LogP contribution in [0.2, 0.25) is 0 Å². The summed E-state index contributed by atoms with van der Waals surface area (Å²) in [6, 6.07) is 2.76. The van der Waals surface area contributed by atoms with E-state index >= 15 is 0 Å². The number of hydrazone groups is 1. The molecule has 1 heterocycles. The van der Waals surface area contributed by atoms with E-state index in [0.29, 0.717) is 25.2 Å². The highest BCUT2D eigenvalue weighted by atomic mass is 19.2. The van der Waals surface area contributed by atoms with Crippen molar-refractivity contribution in [1.29, 1.82) is 0 Å². The van der Waals surface area contributed by atoms with Gasteiger partial charge in [-0.15, -0.1) is 0 Å². The second kappa shape index (κ2) is 9.28. The van der Waals surface area contributed by atoms with Crippen molar-refractivity contribution in [1.82, 2.24) is 10.7 Å². The maximum Gasteiger partial charge on any atom is 0.258 e. The number of aliphatic imine (C=N–C) groups is 2. The lowest BCUT2D eigenvalue weighted by Crippen LogP contribution is -2.32. The van der Waals surface area contributed by atoms with Crippen molar-refractivity contribution >= 4 is 23.4 Å². The van der Waals surface area contributed by atoms with Crippen molar-refractivity contribution < 1.29 is 22.7 Å². The summed E-state index contributed by atoms with van der Waals surface area (Å²) in [5.74, 6) is -3.30. The Morgan fingerprint density at radius 3 is 2.86 bits per heavy atom. The fourth-order valence-electron chi connectivity index (χ4n) is 2.56. The number of benzene rings is 1. The van der Waals surface area contributed by atoms with E-state index in [0.717, 1.165) is 18.2 Å². The SMILES string of the molecule is CCOCCN=C(N=C1NN=C2C(F)=CCC=C12)NC(=O)c1ccc(F)c(F)c1. The van der Waals surface area contributed by atoms with Gasteiger partial charge in [-0.2, -0.15) is 10.1 Å². The van der Waals surface area contributed by atoms with E-state index in [4.69, 9.17) is 4.74 Å². The Kier molecular flexibility index (Phi) is 6.55. The summed E-state index contributed by atoms with van der Waals surface area (Å²) >= 11 is 0.